The summed E-state index contributed by atoms with van der Waals surface area (Å²) in [7, 11) is 0. The summed E-state index contributed by atoms with van der Waals surface area (Å²) in [5.74, 6) is -0.179. The number of benzene rings is 1. The number of nitrogen functional groups attached to an aromatic ring is 1. The van der Waals surface area contributed by atoms with Gasteiger partial charge in [0.25, 0.3) is 5.91 Å². The van der Waals surface area contributed by atoms with Gasteiger partial charge in [0.15, 0.2) is 6.61 Å². The quantitative estimate of drug-likeness (QED) is 0.587. The number of rotatable bonds is 6. The van der Waals surface area contributed by atoms with Crippen LogP contribution in [0.4, 0.5) is 5.69 Å². The Labute approximate surface area is 160 Å². The second-order valence-corrected chi connectivity index (χ2v) is 7.61. The monoisotopic (exact) mass is 374 g/mol. The minimum atomic E-state index is -0.363. The third kappa shape index (κ3) is 5.88. The molecule has 27 heavy (non-hydrogen) atoms. The fourth-order valence-corrected chi connectivity index (χ4v) is 3.85. The van der Waals surface area contributed by atoms with E-state index in [2.05, 4.69) is 5.32 Å². The third-order valence-electron chi connectivity index (χ3n) is 5.40. The van der Waals surface area contributed by atoms with Crippen LogP contribution in [0.15, 0.2) is 18.2 Å². The third-order valence-corrected chi connectivity index (χ3v) is 5.40. The molecule has 0 bridgehead atoms. The molecule has 1 amide bonds. The second kappa shape index (κ2) is 9.62. The van der Waals surface area contributed by atoms with E-state index < -0.39 is 0 Å². The van der Waals surface area contributed by atoms with E-state index in [1.54, 1.807) is 18.2 Å². The van der Waals surface area contributed by atoms with Crippen molar-refractivity contribution in [3.8, 4) is 5.75 Å². The van der Waals surface area contributed by atoms with Crippen molar-refractivity contribution in [1.82, 2.24) is 5.32 Å². The van der Waals surface area contributed by atoms with Gasteiger partial charge in [-0.25, -0.2) is 4.79 Å². The molecule has 0 spiro atoms. The Kier molecular flexibility index (Phi) is 6.96. The number of nitrogens with one attached hydrogen (secondary N) is 1. The average molecular weight is 374 g/mol. The highest BCUT2D eigenvalue weighted by Crippen LogP contribution is 2.25. The molecule has 2 fully saturated rings. The first-order valence-corrected chi connectivity index (χ1v) is 10.1. The summed E-state index contributed by atoms with van der Waals surface area (Å²) in [4.78, 5) is 24.5. The summed E-state index contributed by atoms with van der Waals surface area (Å²) in [6.07, 6.45) is 10.8. The lowest BCUT2D eigenvalue weighted by molar-refractivity contribution is -0.124. The largest absolute Gasteiger partial charge is 0.482 e. The Balaban J connectivity index is 1.52. The zero-order chi connectivity index (χ0) is 19.1. The number of ether oxygens (including phenoxy) is 2. The van der Waals surface area contributed by atoms with Gasteiger partial charge in [-0.1, -0.05) is 25.7 Å². The molecule has 0 atom stereocenters. The molecular formula is C21H30N2O4. The van der Waals surface area contributed by atoms with Gasteiger partial charge in [-0.3, -0.25) is 4.79 Å². The first-order valence-electron chi connectivity index (χ1n) is 10.1. The fourth-order valence-electron chi connectivity index (χ4n) is 3.85. The maximum absolute atomic E-state index is 12.4. The Morgan fingerprint density at radius 1 is 1.00 bits per heavy atom. The van der Waals surface area contributed by atoms with E-state index in [0.717, 1.165) is 51.4 Å². The topological polar surface area (TPSA) is 90.7 Å². The van der Waals surface area contributed by atoms with Crippen LogP contribution in [0, 0.1) is 0 Å². The van der Waals surface area contributed by atoms with E-state index >= 15 is 0 Å². The van der Waals surface area contributed by atoms with Gasteiger partial charge in [-0.15, -0.1) is 0 Å². The second-order valence-electron chi connectivity index (χ2n) is 7.61. The van der Waals surface area contributed by atoms with Crippen LogP contribution in [0.3, 0.4) is 0 Å². The number of anilines is 1. The molecule has 0 saturated heterocycles. The minimum absolute atomic E-state index is 0.00515. The van der Waals surface area contributed by atoms with Crippen LogP contribution in [0.1, 0.15) is 74.6 Å². The summed E-state index contributed by atoms with van der Waals surface area (Å²) < 4.78 is 11.2. The van der Waals surface area contributed by atoms with Crippen molar-refractivity contribution in [1.29, 1.82) is 0 Å². The van der Waals surface area contributed by atoms with Gasteiger partial charge in [-0.2, -0.15) is 0 Å². The van der Waals surface area contributed by atoms with Crippen LogP contribution >= 0.6 is 0 Å². The van der Waals surface area contributed by atoms with E-state index in [4.69, 9.17) is 15.2 Å². The molecule has 3 N–H and O–H groups in total. The molecule has 0 aromatic heterocycles. The first kappa shape index (κ1) is 19.5. The molecule has 2 saturated carbocycles. The van der Waals surface area contributed by atoms with E-state index in [-0.39, 0.29) is 30.6 Å². The minimum Gasteiger partial charge on any atom is -0.482 e. The van der Waals surface area contributed by atoms with Gasteiger partial charge >= 0.3 is 5.97 Å². The number of nitrogens with two attached hydrogens (primary N) is 1. The lowest BCUT2D eigenvalue weighted by Gasteiger charge is -2.23. The first-order chi connectivity index (χ1) is 13.1. The molecule has 0 radical (unpaired) electrons. The molecule has 1 aromatic carbocycles. The van der Waals surface area contributed by atoms with Crippen molar-refractivity contribution in [3.63, 3.8) is 0 Å². The number of carbonyl (C=O) groups is 2. The number of esters is 1. The Hall–Kier alpha value is -2.24. The van der Waals surface area contributed by atoms with Crippen LogP contribution in [-0.2, 0) is 9.53 Å². The van der Waals surface area contributed by atoms with Gasteiger partial charge in [-0.05, 0) is 56.7 Å². The van der Waals surface area contributed by atoms with Gasteiger partial charge < -0.3 is 20.5 Å². The summed E-state index contributed by atoms with van der Waals surface area (Å²) >= 11 is 0. The van der Waals surface area contributed by atoms with Crippen LogP contribution in [0.25, 0.3) is 0 Å². The summed E-state index contributed by atoms with van der Waals surface area (Å²) in [5, 5.41) is 3.00. The smallest absolute Gasteiger partial charge is 0.338 e. The zero-order valence-electron chi connectivity index (χ0n) is 15.9. The molecule has 0 unspecified atom stereocenters. The van der Waals surface area contributed by atoms with Gasteiger partial charge in [0.05, 0.1) is 11.3 Å². The van der Waals surface area contributed by atoms with Crippen molar-refractivity contribution in [2.45, 2.75) is 76.4 Å². The maximum Gasteiger partial charge on any atom is 0.338 e. The molecule has 2 aliphatic carbocycles. The van der Waals surface area contributed by atoms with Crippen LogP contribution in [-0.4, -0.2) is 30.6 Å². The van der Waals surface area contributed by atoms with Crippen molar-refractivity contribution in [2.75, 3.05) is 12.3 Å². The van der Waals surface area contributed by atoms with E-state index in [0.29, 0.717) is 17.0 Å². The van der Waals surface area contributed by atoms with E-state index in [1.165, 1.54) is 12.8 Å². The predicted molar refractivity (Wildman–Crippen MR) is 104 cm³/mol. The Bertz CT molecular complexity index is 650. The number of hydrogen-bond acceptors (Lipinski definition) is 5. The molecule has 1 aromatic rings. The molecule has 148 valence electrons. The van der Waals surface area contributed by atoms with Gasteiger partial charge in [0.1, 0.15) is 11.9 Å². The van der Waals surface area contributed by atoms with Gasteiger partial charge in [0, 0.05) is 6.04 Å². The lowest BCUT2D eigenvalue weighted by Crippen LogP contribution is -2.39. The average Bonchev–Trinajstić information content (AvgIpc) is 2.69. The molecule has 6 nitrogen and oxygen atoms in total. The van der Waals surface area contributed by atoms with E-state index in [1.807, 2.05) is 0 Å². The standard InChI is InChI=1S/C21H30N2O4/c22-18-12-11-15(21(25)27-17-9-5-2-6-10-17)13-19(18)26-14-20(24)23-16-7-3-1-4-8-16/h11-13,16-17H,1-10,14,22H2,(H,23,24). The molecule has 6 heteroatoms. The fraction of sp³-hybridized carbons (Fsp3) is 0.619. The van der Waals surface area contributed by atoms with Crippen molar-refractivity contribution in [2.24, 2.45) is 0 Å². The van der Waals surface area contributed by atoms with Gasteiger partial charge in [0.2, 0.25) is 0 Å². The molecule has 0 heterocycles. The molecule has 0 aliphatic heterocycles. The summed E-state index contributed by atoms with van der Waals surface area (Å²) in [6.45, 7) is -0.109. The maximum atomic E-state index is 12.4. The number of carbonyl (C=O) groups excluding carboxylic acids is 2. The van der Waals surface area contributed by atoms with Crippen molar-refractivity contribution < 1.29 is 19.1 Å². The molecule has 3 rings (SSSR count). The summed E-state index contributed by atoms with van der Waals surface area (Å²) in [6, 6.07) is 5.05. The molecular weight excluding hydrogens is 344 g/mol. The SMILES string of the molecule is Nc1ccc(C(=O)OC2CCCCC2)cc1OCC(=O)NC1CCCCC1. The summed E-state index contributed by atoms with van der Waals surface area (Å²) in [5.41, 5.74) is 6.73. The number of amides is 1. The lowest BCUT2D eigenvalue weighted by atomic mass is 9.95. The normalized spacial score (nSPS) is 18.7. The Morgan fingerprint density at radius 2 is 1.67 bits per heavy atom. The van der Waals surface area contributed by atoms with Crippen molar-refractivity contribution >= 4 is 17.6 Å². The van der Waals surface area contributed by atoms with Crippen molar-refractivity contribution in [3.05, 3.63) is 23.8 Å². The van der Waals surface area contributed by atoms with Crippen LogP contribution in [0.5, 0.6) is 5.75 Å². The highest BCUT2D eigenvalue weighted by Gasteiger charge is 2.20. The van der Waals surface area contributed by atoms with Crippen LogP contribution < -0.4 is 15.8 Å². The van der Waals surface area contributed by atoms with E-state index in [9.17, 15) is 9.59 Å². The molecule has 2 aliphatic rings. The van der Waals surface area contributed by atoms with Crippen LogP contribution in [0.2, 0.25) is 0 Å². The number of hydrogen-bond donors (Lipinski definition) is 2. The highest BCUT2D eigenvalue weighted by atomic mass is 16.5. The Morgan fingerprint density at radius 3 is 2.37 bits per heavy atom. The highest BCUT2D eigenvalue weighted by molar-refractivity contribution is 5.91. The zero-order valence-corrected chi connectivity index (χ0v) is 15.9. The predicted octanol–water partition coefficient (Wildman–Crippen LogP) is 3.59.